The number of nitrogens with one attached hydrogen (secondary N) is 1. The number of hydrogen-bond donors (Lipinski definition) is 2. The maximum atomic E-state index is 5.65. The van der Waals surface area contributed by atoms with E-state index in [0.717, 1.165) is 5.69 Å². The molecule has 0 unspecified atom stereocenters. The Morgan fingerprint density at radius 1 is 1.57 bits per heavy atom. The Morgan fingerprint density at radius 2 is 2.36 bits per heavy atom. The van der Waals surface area contributed by atoms with Gasteiger partial charge in [0.1, 0.15) is 5.69 Å². The number of aryl methyl sites for hydroxylation is 2. The monoisotopic (exact) mass is 193 g/mol. The second-order valence-electron chi connectivity index (χ2n) is 3.05. The number of ether oxygens (including phenoxy) is 1. The summed E-state index contributed by atoms with van der Waals surface area (Å²) in [7, 11) is 1.78. The molecule has 0 aromatic carbocycles. The molecule has 0 saturated heterocycles. The minimum absolute atomic E-state index is 0.374. The van der Waals surface area contributed by atoms with E-state index in [1.807, 2.05) is 6.92 Å². The van der Waals surface area contributed by atoms with Gasteiger partial charge in [0.15, 0.2) is 0 Å². The molecule has 2 heterocycles. The number of nitrogens with zero attached hydrogens (tertiary/aromatic N) is 3. The second kappa shape index (κ2) is 3.06. The lowest BCUT2D eigenvalue weighted by atomic mass is 10.5. The molecular formula is C8H11N5O. The predicted octanol–water partition coefficient (Wildman–Crippen LogP) is 0.826. The van der Waals surface area contributed by atoms with E-state index in [9.17, 15) is 0 Å². The molecule has 0 bridgehead atoms. The molecule has 3 N–H and O–H groups in total. The molecule has 2 aromatic heterocycles. The molecule has 74 valence electrons. The predicted molar refractivity (Wildman–Crippen MR) is 51.0 cm³/mol. The van der Waals surface area contributed by atoms with E-state index >= 15 is 0 Å². The quantitative estimate of drug-likeness (QED) is 0.740. The fraction of sp³-hybridized carbons (Fsp3) is 0.250. The Balaban J connectivity index is 2.22. The van der Waals surface area contributed by atoms with Crippen molar-refractivity contribution in [2.45, 2.75) is 6.92 Å². The van der Waals surface area contributed by atoms with Crippen LogP contribution in [0.2, 0.25) is 0 Å². The molecule has 6 heteroatoms. The first-order valence-electron chi connectivity index (χ1n) is 4.14. The van der Waals surface area contributed by atoms with Crippen molar-refractivity contribution in [2.75, 3.05) is 5.73 Å². The maximum Gasteiger partial charge on any atom is 0.263 e. The van der Waals surface area contributed by atoms with E-state index in [4.69, 9.17) is 10.5 Å². The Morgan fingerprint density at radius 3 is 2.86 bits per heavy atom. The Labute approximate surface area is 80.7 Å². The fourth-order valence-electron chi connectivity index (χ4n) is 1.11. The van der Waals surface area contributed by atoms with Gasteiger partial charge in [0.25, 0.3) is 5.88 Å². The summed E-state index contributed by atoms with van der Waals surface area (Å²) in [5, 5.41) is 10.7. The first kappa shape index (κ1) is 8.61. The highest BCUT2D eigenvalue weighted by molar-refractivity contribution is 5.47. The molecule has 0 radical (unpaired) electrons. The van der Waals surface area contributed by atoms with Crippen molar-refractivity contribution in [3.05, 3.63) is 18.0 Å². The van der Waals surface area contributed by atoms with Gasteiger partial charge in [-0.1, -0.05) is 0 Å². The first-order valence-corrected chi connectivity index (χ1v) is 4.14. The lowest BCUT2D eigenvalue weighted by Gasteiger charge is -1.96. The zero-order valence-electron chi connectivity index (χ0n) is 7.98. The van der Waals surface area contributed by atoms with Gasteiger partial charge in [-0.05, 0) is 6.92 Å². The molecule has 0 saturated carbocycles. The summed E-state index contributed by atoms with van der Waals surface area (Å²) >= 11 is 0. The van der Waals surface area contributed by atoms with Crippen molar-refractivity contribution >= 4 is 5.69 Å². The number of aromatic amines is 1. The molecule has 0 aliphatic heterocycles. The van der Waals surface area contributed by atoms with Crippen LogP contribution in [-0.2, 0) is 7.05 Å². The number of aromatic nitrogens is 4. The molecule has 0 aliphatic rings. The molecule has 14 heavy (non-hydrogen) atoms. The molecule has 0 amide bonds. The van der Waals surface area contributed by atoms with Gasteiger partial charge in [-0.15, -0.1) is 10.2 Å². The van der Waals surface area contributed by atoms with Crippen LogP contribution < -0.4 is 10.5 Å². The highest BCUT2D eigenvalue weighted by Crippen LogP contribution is 2.23. The molecular weight excluding hydrogens is 182 g/mol. The summed E-state index contributed by atoms with van der Waals surface area (Å²) in [5.41, 5.74) is 7.07. The topological polar surface area (TPSA) is 81.8 Å². The van der Waals surface area contributed by atoms with Crippen molar-refractivity contribution in [1.82, 2.24) is 20.0 Å². The van der Waals surface area contributed by atoms with E-state index in [-0.39, 0.29) is 0 Å². The highest BCUT2D eigenvalue weighted by Gasteiger charge is 2.08. The van der Waals surface area contributed by atoms with E-state index in [0.29, 0.717) is 17.4 Å². The number of H-pyrrole nitrogens is 1. The number of nitrogens with two attached hydrogens (primary N) is 1. The molecule has 0 fully saturated rings. The summed E-state index contributed by atoms with van der Waals surface area (Å²) in [5.74, 6) is 0.840. The number of hydrogen-bond acceptors (Lipinski definition) is 4. The van der Waals surface area contributed by atoms with Gasteiger partial charge in [-0.2, -0.15) is 0 Å². The molecule has 6 nitrogen and oxygen atoms in total. The third-order valence-electron chi connectivity index (χ3n) is 1.71. The fourth-order valence-corrected chi connectivity index (χ4v) is 1.11. The zero-order chi connectivity index (χ0) is 10.1. The highest BCUT2D eigenvalue weighted by atomic mass is 16.5. The number of nitrogen functional groups attached to an aromatic ring is 1. The molecule has 2 aromatic rings. The van der Waals surface area contributed by atoms with E-state index in [1.54, 1.807) is 24.0 Å². The lowest BCUT2D eigenvalue weighted by molar-refractivity contribution is 0.437. The number of anilines is 1. The van der Waals surface area contributed by atoms with Crippen LogP contribution in [0.4, 0.5) is 5.69 Å². The van der Waals surface area contributed by atoms with Gasteiger partial charge < -0.3 is 10.5 Å². The van der Waals surface area contributed by atoms with Crippen LogP contribution in [0, 0.1) is 6.92 Å². The van der Waals surface area contributed by atoms with Gasteiger partial charge in [-0.25, -0.2) is 0 Å². The molecule has 2 rings (SSSR count). The minimum atomic E-state index is 0.374. The van der Waals surface area contributed by atoms with Crippen LogP contribution >= 0.6 is 0 Å². The van der Waals surface area contributed by atoms with Crippen LogP contribution in [0.1, 0.15) is 5.69 Å². The van der Waals surface area contributed by atoms with E-state index in [1.165, 1.54) is 0 Å². The van der Waals surface area contributed by atoms with Crippen LogP contribution in [0.25, 0.3) is 0 Å². The molecule has 0 spiro atoms. The Bertz CT molecular complexity index is 444. The molecule has 0 atom stereocenters. The van der Waals surface area contributed by atoms with Crippen LogP contribution in [0.15, 0.2) is 12.3 Å². The standard InChI is InChI=1S/C8H11N5O/c1-5-3-7(11-10-5)14-8-6(9)4-13(2)12-8/h3-4H,9H2,1-2H3,(H,10,11). The van der Waals surface area contributed by atoms with Crippen molar-refractivity contribution < 1.29 is 4.74 Å². The van der Waals surface area contributed by atoms with E-state index in [2.05, 4.69) is 15.3 Å². The Kier molecular flexibility index (Phi) is 1.88. The minimum Gasteiger partial charge on any atom is -0.415 e. The third-order valence-corrected chi connectivity index (χ3v) is 1.71. The maximum absolute atomic E-state index is 5.65. The lowest BCUT2D eigenvalue weighted by Crippen LogP contribution is -1.91. The summed E-state index contributed by atoms with van der Waals surface area (Å²) in [6.45, 7) is 1.89. The van der Waals surface area contributed by atoms with Crippen molar-refractivity contribution in [3.63, 3.8) is 0 Å². The third kappa shape index (κ3) is 1.54. The summed E-state index contributed by atoms with van der Waals surface area (Å²) in [4.78, 5) is 0. The second-order valence-corrected chi connectivity index (χ2v) is 3.05. The van der Waals surface area contributed by atoms with E-state index < -0.39 is 0 Å². The van der Waals surface area contributed by atoms with Crippen molar-refractivity contribution in [1.29, 1.82) is 0 Å². The smallest absolute Gasteiger partial charge is 0.263 e. The van der Waals surface area contributed by atoms with Crippen LogP contribution in [0.5, 0.6) is 11.8 Å². The largest absolute Gasteiger partial charge is 0.415 e. The average molecular weight is 193 g/mol. The van der Waals surface area contributed by atoms with Crippen molar-refractivity contribution in [3.8, 4) is 11.8 Å². The molecule has 0 aliphatic carbocycles. The van der Waals surface area contributed by atoms with Gasteiger partial charge in [0, 0.05) is 18.8 Å². The van der Waals surface area contributed by atoms with Gasteiger partial charge in [-0.3, -0.25) is 9.78 Å². The van der Waals surface area contributed by atoms with Gasteiger partial charge in [0.05, 0.1) is 6.20 Å². The summed E-state index contributed by atoms with van der Waals surface area (Å²) in [6.07, 6.45) is 1.68. The SMILES string of the molecule is Cc1cc(Oc2nn(C)cc2N)n[nH]1. The van der Waals surface area contributed by atoms with Crippen molar-refractivity contribution in [2.24, 2.45) is 7.05 Å². The van der Waals surface area contributed by atoms with Gasteiger partial charge >= 0.3 is 0 Å². The summed E-state index contributed by atoms with van der Waals surface area (Å²) < 4.78 is 6.94. The number of rotatable bonds is 2. The normalized spacial score (nSPS) is 10.4. The Hall–Kier alpha value is -1.98. The zero-order valence-corrected chi connectivity index (χ0v) is 7.98. The summed E-state index contributed by atoms with van der Waals surface area (Å²) in [6, 6.07) is 1.77. The van der Waals surface area contributed by atoms with Crippen LogP contribution in [0.3, 0.4) is 0 Å². The van der Waals surface area contributed by atoms with Crippen LogP contribution in [-0.4, -0.2) is 20.0 Å². The van der Waals surface area contributed by atoms with Gasteiger partial charge in [0.2, 0.25) is 5.88 Å². The first-order chi connectivity index (χ1) is 6.65. The average Bonchev–Trinajstić information content (AvgIpc) is 2.61.